The van der Waals surface area contributed by atoms with Crippen molar-refractivity contribution in [1.29, 1.82) is 0 Å². The summed E-state index contributed by atoms with van der Waals surface area (Å²) in [4.78, 5) is 12.3. The Morgan fingerprint density at radius 2 is 1.23 bits per heavy atom. The molecule has 3 saturated carbocycles. The van der Waals surface area contributed by atoms with Crippen LogP contribution < -0.4 is 10.6 Å². The van der Waals surface area contributed by atoms with E-state index in [1.807, 2.05) is 60.7 Å². The first-order valence-electron chi connectivity index (χ1n) is 25.7. The summed E-state index contributed by atoms with van der Waals surface area (Å²) in [7, 11) is -9.04. The van der Waals surface area contributed by atoms with E-state index in [-0.39, 0.29) is 33.8 Å². The van der Waals surface area contributed by atoms with Gasteiger partial charge in [0.2, 0.25) is 0 Å². The number of Topliss-reactive ketones (excluding diaryl/α,β-unsaturated/α-hetero) is 1. The Morgan fingerprint density at radius 1 is 0.742 bits per heavy atom. The SMILES string of the molecule is CC(C)(C)[Si](C)(C)O[C@@H]1CC(=CCP(=O)(c2ccccc2)c2ccccc2)C[C@@H](O[Si](C)(C)C(C)(C)C)C1O[Si](C)(C)C.CCC(C)(/C=C/C=C/[C@@H](C)C1CCC2C(=O)CCCC21C)CC. The van der Waals surface area contributed by atoms with Gasteiger partial charge in [-0.3, -0.25) is 4.79 Å². The highest BCUT2D eigenvalue weighted by atomic mass is 31.2. The second-order valence-corrected chi connectivity index (χ2v) is 41.8. The molecule has 6 atom stereocenters. The highest BCUT2D eigenvalue weighted by molar-refractivity contribution is 7.78. The predicted octanol–water partition coefficient (Wildman–Crippen LogP) is 16.1. The fourth-order valence-corrected chi connectivity index (χ4v) is 16.4. The van der Waals surface area contributed by atoms with Gasteiger partial charge in [0.1, 0.15) is 12.9 Å². The molecule has 0 aliphatic heterocycles. The third kappa shape index (κ3) is 14.3. The van der Waals surface area contributed by atoms with Gasteiger partial charge in [-0.05, 0) is 130 Å². The number of fused-ring (bicyclic) bond motifs is 1. The summed E-state index contributed by atoms with van der Waals surface area (Å²) in [6, 6.07) is 20.0. The maximum absolute atomic E-state index is 14.9. The van der Waals surface area contributed by atoms with Crippen molar-refractivity contribution >= 4 is 48.5 Å². The molecule has 0 aromatic heterocycles. The molecule has 0 radical (unpaired) electrons. The van der Waals surface area contributed by atoms with Crippen LogP contribution in [-0.4, -0.2) is 55.2 Å². The molecule has 0 amide bonds. The molecule has 5 nitrogen and oxygen atoms in total. The summed E-state index contributed by atoms with van der Waals surface area (Å²) in [5.41, 5.74) is 1.85. The lowest BCUT2D eigenvalue weighted by atomic mass is 9.62. The average molecular weight is 976 g/mol. The van der Waals surface area contributed by atoms with Crippen LogP contribution in [0.25, 0.3) is 0 Å². The van der Waals surface area contributed by atoms with Crippen LogP contribution in [0.4, 0.5) is 0 Å². The third-order valence-corrected chi connectivity index (χ3v) is 29.8. The third-order valence-electron chi connectivity index (χ3n) is 16.8. The van der Waals surface area contributed by atoms with Crippen molar-refractivity contribution in [2.45, 2.75) is 208 Å². The highest BCUT2D eigenvalue weighted by Gasteiger charge is 2.52. The lowest BCUT2D eigenvalue weighted by Crippen LogP contribution is -2.58. The second-order valence-electron chi connectivity index (χ2n) is 24.9. The van der Waals surface area contributed by atoms with Gasteiger partial charge in [-0.25, -0.2) is 0 Å². The second kappa shape index (κ2) is 22.4. The van der Waals surface area contributed by atoms with Crippen molar-refractivity contribution in [3.05, 3.63) is 96.6 Å². The van der Waals surface area contributed by atoms with E-state index in [2.05, 4.69) is 152 Å². The van der Waals surface area contributed by atoms with Crippen molar-refractivity contribution in [1.82, 2.24) is 0 Å². The van der Waals surface area contributed by atoms with Crippen molar-refractivity contribution in [3.63, 3.8) is 0 Å². The maximum Gasteiger partial charge on any atom is 0.192 e. The zero-order chi connectivity index (χ0) is 49.6. The monoisotopic (exact) mass is 975 g/mol. The molecule has 0 saturated heterocycles. The fraction of sp³-hybridized carbons (Fsp3) is 0.667. The molecule has 370 valence electrons. The van der Waals surface area contributed by atoms with E-state index in [1.165, 1.54) is 31.3 Å². The molecule has 9 heteroatoms. The summed E-state index contributed by atoms with van der Waals surface area (Å²) in [5.74, 6) is 2.12. The molecule has 3 fully saturated rings. The Morgan fingerprint density at radius 3 is 1.67 bits per heavy atom. The van der Waals surface area contributed by atoms with E-state index in [0.717, 1.165) is 42.7 Å². The zero-order valence-electron chi connectivity index (χ0n) is 45.2. The van der Waals surface area contributed by atoms with Gasteiger partial charge in [-0.1, -0.05) is 173 Å². The lowest BCUT2D eigenvalue weighted by Gasteiger charge is -2.49. The quantitative estimate of drug-likeness (QED) is 0.0726. The van der Waals surface area contributed by atoms with Gasteiger partial charge in [-0.15, -0.1) is 0 Å². The van der Waals surface area contributed by atoms with Crippen LogP contribution in [0, 0.1) is 28.6 Å². The van der Waals surface area contributed by atoms with Crippen molar-refractivity contribution < 1.29 is 22.6 Å². The number of carbonyl (C=O) groups excluding carboxylic acids is 1. The first kappa shape index (κ1) is 56.7. The number of hydrogen-bond acceptors (Lipinski definition) is 5. The van der Waals surface area contributed by atoms with E-state index in [0.29, 0.717) is 35.1 Å². The topological polar surface area (TPSA) is 61.8 Å². The van der Waals surface area contributed by atoms with E-state index in [4.69, 9.17) is 13.3 Å². The number of hydrogen-bond donors (Lipinski definition) is 0. The molecule has 3 aliphatic carbocycles. The minimum absolute atomic E-state index is 0.0736. The minimum Gasteiger partial charge on any atom is -0.411 e. The van der Waals surface area contributed by atoms with Gasteiger partial charge >= 0.3 is 0 Å². The summed E-state index contributed by atoms with van der Waals surface area (Å²) >= 11 is 0. The molecule has 0 bridgehead atoms. The van der Waals surface area contributed by atoms with Crippen LogP contribution in [0.5, 0.6) is 0 Å². The van der Waals surface area contributed by atoms with Crippen molar-refractivity contribution in [3.8, 4) is 0 Å². The van der Waals surface area contributed by atoms with E-state index in [1.54, 1.807) is 0 Å². The molecular formula is C57H95O5PSi3. The first-order chi connectivity index (χ1) is 30.4. The Balaban J connectivity index is 0.000000347. The summed E-state index contributed by atoms with van der Waals surface area (Å²) < 4.78 is 36.3. The highest BCUT2D eigenvalue weighted by Crippen LogP contribution is 2.57. The lowest BCUT2D eigenvalue weighted by molar-refractivity contribution is -0.129. The molecule has 2 aromatic rings. The summed E-state index contributed by atoms with van der Waals surface area (Å²) in [6.45, 7) is 41.5. The van der Waals surface area contributed by atoms with Crippen LogP contribution in [-0.2, 0) is 22.6 Å². The van der Waals surface area contributed by atoms with Crippen LogP contribution in [0.3, 0.4) is 0 Å². The maximum atomic E-state index is 14.9. The van der Waals surface area contributed by atoms with Crippen LogP contribution >= 0.6 is 7.14 Å². The number of benzene rings is 2. The Kier molecular flexibility index (Phi) is 19.3. The van der Waals surface area contributed by atoms with Gasteiger partial charge < -0.3 is 17.8 Å². The molecule has 3 unspecified atom stereocenters. The average Bonchev–Trinajstić information content (AvgIpc) is 3.60. The molecule has 2 aromatic carbocycles. The number of ketones is 1. The first-order valence-corrected chi connectivity index (χ1v) is 36.8. The molecular weight excluding hydrogens is 880 g/mol. The molecule has 5 rings (SSSR count). The van der Waals surface area contributed by atoms with Crippen molar-refractivity contribution in [2.24, 2.45) is 28.6 Å². The smallest absolute Gasteiger partial charge is 0.192 e. The van der Waals surface area contributed by atoms with E-state index < -0.39 is 32.1 Å². The molecule has 66 heavy (non-hydrogen) atoms. The van der Waals surface area contributed by atoms with E-state index in [9.17, 15) is 9.36 Å². The Labute approximate surface area is 408 Å². The van der Waals surface area contributed by atoms with Crippen LogP contribution in [0.1, 0.15) is 134 Å². The predicted molar refractivity (Wildman–Crippen MR) is 294 cm³/mol. The Bertz CT molecular complexity index is 1920. The molecule has 3 aliphatic rings. The number of rotatable bonds is 16. The minimum atomic E-state index is -2.88. The van der Waals surface area contributed by atoms with Crippen molar-refractivity contribution in [2.75, 3.05) is 6.16 Å². The van der Waals surface area contributed by atoms with Gasteiger partial charge in [0.25, 0.3) is 0 Å². The number of carbonyl (C=O) groups is 1. The normalized spacial score (nSPS) is 25.5. The van der Waals surface area contributed by atoms with E-state index >= 15 is 0 Å². The van der Waals surface area contributed by atoms with Gasteiger partial charge in [0.05, 0.1) is 18.3 Å². The molecule has 0 heterocycles. The summed E-state index contributed by atoms with van der Waals surface area (Å²) in [5, 5.41) is 1.95. The van der Waals surface area contributed by atoms with Gasteiger partial charge in [0, 0.05) is 29.1 Å². The molecule has 0 spiro atoms. The standard InChI is InChI=1S/C35H59O4PSi3.C22H36O/c1-34(2,3)42(10,11)37-31-26-28(27-32(33(31)39-41(7,8)9)38-43(12,13)35(4,5)6)24-25-40(36,29-20-16-14-17-21-29)30-22-18-15-19-23-30;1-6-21(4,7-2)15-9-8-11-17(3)18-13-14-19-20(23)12-10-16-22(18,19)5/h14-24,31-33H,25-27H2,1-13H3;8-9,11,15,17-19H,6-7,10,12-14,16H2,1-5H3/b;11-8+,15-9+/t31-,32-,33?;17-,18?,19?,22?/m11/s1. The Hall–Kier alpha value is -1.91. The summed E-state index contributed by atoms with van der Waals surface area (Å²) in [6.07, 6.45) is 21.1. The zero-order valence-corrected chi connectivity index (χ0v) is 49.1. The molecule has 0 N–H and O–H groups in total. The van der Waals surface area contributed by atoms with Crippen LogP contribution in [0.15, 0.2) is 96.6 Å². The van der Waals surface area contributed by atoms with Gasteiger partial charge in [0.15, 0.2) is 25.0 Å². The van der Waals surface area contributed by atoms with Gasteiger partial charge in [-0.2, -0.15) is 0 Å². The number of allylic oxidation sites excluding steroid dienone is 5. The fourth-order valence-electron chi connectivity index (χ4n) is 10.1. The largest absolute Gasteiger partial charge is 0.411 e. The van der Waals surface area contributed by atoms with Crippen LogP contribution in [0.2, 0.25) is 55.9 Å².